The fraction of sp³-hybridized carbons (Fsp3) is 0.273. The second-order valence-corrected chi connectivity index (χ2v) is 6.70. The smallest absolute Gasteiger partial charge is 0.253 e. The second-order valence-electron chi connectivity index (χ2n) is 6.70. The number of nitrogens with zero attached hydrogens (tertiary/aromatic N) is 2. The summed E-state index contributed by atoms with van der Waals surface area (Å²) in [7, 11) is 0. The highest BCUT2D eigenvalue weighted by Gasteiger charge is 2.23. The van der Waals surface area contributed by atoms with E-state index in [9.17, 15) is 9.59 Å². The Balaban J connectivity index is 1.64. The van der Waals surface area contributed by atoms with Crippen LogP contribution in [-0.4, -0.2) is 49.4 Å². The van der Waals surface area contributed by atoms with Crippen molar-refractivity contribution in [2.45, 2.75) is 6.92 Å². The van der Waals surface area contributed by atoms with Gasteiger partial charge in [-0.05, 0) is 42.8 Å². The molecule has 0 atom stereocenters. The Morgan fingerprint density at radius 3 is 2.44 bits per heavy atom. The average Bonchev–Trinajstić information content (AvgIpc) is 2.71. The molecule has 2 amide bonds. The van der Waals surface area contributed by atoms with Crippen molar-refractivity contribution >= 4 is 17.5 Å². The summed E-state index contributed by atoms with van der Waals surface area (Å²) in [4.78, 5) is 29.1. The predicted molar refractivity (Wildman–Crippen MR) is 108 cm³/mol. The van der Waals surface area contributed by atoms with Gasteiger partial charge >= 0.3 is 0 Å². The van der Waals surface area contributed by atoms with Crippen molar-refractivity contribution in [1.82, 2.24) is 10.2 Å². The van der Waals surface area contributed by atoms with Crippen LogP contribution in [0.2, 0.25) is 0 Å². The van der Waals surface area contributed by atoms with Crippen LogP contribution >= 0.6 is 0 Å². The number of aryl methyl sites for hydroxylation is 1. The lowest BCUT2D eigenvalue weighted by atomic mass is 10.1. The third kappa shape index (κ3) is 4.56. The van der Waals surface area contributed by atoms with Gasteiger partial charge in [-0.3, -0.25) is 9.59 Å². The molecule has 5 heteroatoms. The van der Waals surface area contributed by atoms with Gasteiger partial charge in [-0.25, -0.2) is 0 Å². The highest BCUT2D eigenvalue weighted by molar-refractivity contribution is 5.99. The Bertz CT molecular complexity index is 839. The van der Waals surface area contributed by atoms with Crippen LogP contribution in [0.4, 0.5) is 5.69 Å². The fourth-order valence-electron chi connectivity index (χ4n) is 3.24. The van der Waals surface area contributed by atoms with E-state index in [0.717, 1.165) is 13.1 Å². The van der Waals surface area contributed by atoms with Crippen molar-refractivity contribution < 1.29 is 9.59 Å². The molecule has 1 aliphatic heterocycles. The quantitative estimate of drug-likeness (QED) is 0.831. The van der Waals surface area contributed by atoms with Gasteiger partial charge < -0.3 is 15.1 Å². The van der Waals surface area contributed by atoms with Gasteiger partial charge in [0.15, 0.2) is 0 Å². The van der Waals surface area contributed by atoms with Gasteiger partial charge in [0, 0.05) is 49.5 Å². The fourth-order valence-corrected chi connectivity index (χ4v) is 3.24. The zero-order valence-corrected chi connectivity index (χ0v) is 15.6. The number of hydrogen-bond acceptors (Lipinski definition) is 3. The first kappa shape index (κ1) is 18.7. The molecule has 1 fully saturated rings. The molecule has 1 aliphatic rings. The summed E-state index contributed by atoms with van der Waals surface area (Å²) in [5.41, 5.74) is 3.46. The van der Waals surface area contributed by atoms with E-state index in [2.05, 4.69) is 48.0 Å². The molecule has 0 saturated carbocycles. The summed E-state index contributed by atoms with van der Waals surface area (Å²) in [6, 6.07) is 15.3. The predicted octanol–water partition coefficient (Wildman–Crippen LogP) is 2.87. The van der Waals surface area contributed by atoms with Crippen LogP contribution in [0.15, 0.2) is 61.2 Å². The van der Waals surface area contributed by atoms with Crippen LogP contribution in [0.1, 0.15) is 26.3 Å². The van der Waals surface area contributed by atoms with E-state index in [1.165, 1.54) is 11.3 Å². The molecule has 0 bridgehead atoms. The number of rotatable bonds is 5. The van der Waals surface area contributed by atoms with E-state index in [1.54, 1.807) is 30.3 Å². The largest absolute Gasteiger partial charge is 0.368 e. The lowest BCUT2D eigenvalue weighted by molar-refractivity contribution is 0.0747. The van der Waals surface area contributed by atoms with Crippen molar-refractivity contribution in [2.24, 2.45) is 0 Å². The van der Waals surface area contributed by atoms with Crippen LogP contribution < -0.4 is 10.2 Å². The molecular formula is C22H25N3O2. The molecule has 1 heterocycles. The third-order valence-electron chi connectivity index (χ3n) is 4.71. The Labute approximate surface area is 160 Å². The number of anilines is 1. The minimum absolute atomic E-state index is 0.0303. The van der Waals surface area contributed by atoms with Gasteiger partial charge in [-0.2, -0.15) is 0 Å². The molecule has 0 spiro atoms. The zero-order chi connectivity index (χ0) is 19.2. The maximum Gasteiger partial charge on any atom is 0.253 e. The molecule has 2 aromatic carbocycles. The maximum absolute atomic E-state index is 12.8. The Morgan fingerprint density at radius 1 is 1.04 bits per heavy atom. The topological polar surface area (TPSA) is 52.7 Å². The van der Waals surface area contributed by atoms with E-state index in [-0.39, 0.29) is 11.8 Å². The van der Waals surface area contributed by atoms with Crippen LogP contribution in [0.5, 0.6) is 0 Å². The Morgan fingerprint density at radius 2 is 1.74 bits per heavy atom. The first-order valence-electron chi connectivity index (χ1n) is 9.18. The van der Waals surface area contributed by atoms with Crippen molar-refractivity contribution in [2.75, 3.05) is 37.6 Å². The van der Waals surface area contributed by atoms with E-state index in [1.807, 2.05) is 4.90 Å². The number of hydrogen-bond donors (Lipinski definition) is 1. The first-order chi connectivity index (χ1) is 13.1. The molecule has 0 aromatic heterocycles. The van der Waals surface area contributed by atoms with Crippen molar-refractivity contribution in [3.8, 4) is 0 Å². The summed E-state index contributed by atoms with van der Waals surface area (Å²) < 4.78 is 0. The van der Waals surface area contributed by atoms with E-state index in [0.29, 0.717) is 30.8 Å². The van der Waals surface area contributed by atoms with Crippen molar-refractivity contribution in [3.63, 3.8) is 0 Å². The zero-order valence-electron chi connectivity index (χ0n) is 15.6. The molecular weight excluding hydrogens is 338 g/mol. The number of amides is 2. The van der Waals surface area contributed by atoms with Crippen LogP contribution in [0, 0.1) is 6.92 Å². The van der Waals surface area contributed by atoms with E-state index in [4.69, 9.17) is 0 Å². The standard InChI is InChI=1S/C22H25N3O2/c1-3-10-23-21(26)18-7-5-8-19(16-18)22(27)25-13-11-24(12-14-25)20-9-4-6-17(2)15-20/h3-9,15-16H,1,10-14H2,2H3,(H,23,26). The van der Waals surface area contributed by atoms with Gasteiger partial charge in [0.05, 0.1) is 0 Å². The average molecular weight is 363 g/mol. The number of benzene rings is 2. The second kappa shape index (κ2) is 8.54. The molecule has 1 N–H and O–H groups in total. The summed E-state index contributed by atoms with van der Waals surface area (Å²) in [6.07, 6.45) is 1.63. The minimum atomic E-state index is -0.200. The summed E-state index contributed by atoms with van der Waals surface area (Å²) >= 11 is 0. The monoisotopic (exact) mass is 363 g/mol. The Kier molecular flexibility index (Phi) is 5.91. The SMILES string of the molecule is C=CCNC(=O)c1cccc(C(=O)N2CCN(c3cccc(C)c3)CC2)c1. The Hall–Kier alpha value is -3.08. The molecule has 140 valence electrons. The lowest BCUT2D eigenvalue weighted by Gasteiger charge is -2.36. The van der Waals surface area contributed by atoms with Gasteiger partial charge in [-0.15, -0.1) is 6.58 Å². The molecule has 3 rings (SSSR count). The lowest BCUT2D eigenvalue weighted by Crippen LogP contribution is -2.48. The number of nitrogens with one attached hydrogen (secondary N) is 1. The first-order valence-corrected chi connectivity index (χ1v) is 9.18. The van der Waals surface area contributed by atoms with Crippen LogP contribution in [-0.2, 0) is 0 Å². The molecule has 0 unspecified atom stereocenters. The van der Waals surface area contributed by atoms with Gasteiger partial charge in [0.2, 0.25) is 0 Å². The van der Waals surface area contributed by atoms with Crippen LogP contribution in [0.3, 0.4) is 0 Å². The van der Waals surface area contributed by atoms with Crippen molar-refractivity contribution in [3.05, 3.63) is 77.9 Å². The summed E-state index contributed by atoms with van der Waals surface area (Å²) in [5, 5.41) is 2.73. The molecule has 5 nitrogen and oxygen atoms in total. The van der Waals surface area contributed by atoms with Gasteiger partial charge in [-0.1, -0.05) is 24.3 Å². The molecule has 2 aromatic rings. The highest BCUT2D eigenvalue weighted by Crippen LogP contribution is 2.19. The van der Waals surface area contributed by atoms with E-state index >= 15 is 0 Å². The molecule has 0 aliphatic carbocycles. The van der Waals surface area contributed by atoms with E-state index < -0.39 is 0 Å². The van der Waals surface area contributed by atoms with Gasteiger partial charge in [0.25, 0.3) is 11.8 Å². The highest BCUT2D eigenvalue weighted by atomic mass is 16.2. The summed E-state index contributed by atoms with van der Waals surface area (Å²) in [5.74, 6) is -0.230. The van der Waals surface area contributed by atoms with Crippen molar-refractivity contribution in [1.29, 1.82) is 0 Å². The number of carbonyl (C=O) groups excluding carboxylic acids is 2. The number of piperazine rings is 1. The maximum atomic E-state index is 12.8. The van der Waals surface area contributed by atoms with Gasteiger partial charge in [0.1, 0.15) is 0 Å². The third-order valence-corrected chi connectivity index (χ3v) is 4.71. The normalized spacial score (nSPS) is 14.0. The molecule has 27 heavy (non-hydrogen) atoms. The van der Waals surface area contributed by atoms with Crippen LogP contribution in [0.25, 0.3) is 0 Å². The molecule has 1 saturated heterocycles. The summed E-state index contributed by atoms with van der Waals surface area (Å²) in [6.45, 7) is 9.01. The number of carbonyl (C=O) groups is 2. The minimum Gasteiger partial charge on any atom is -0.368 e. The molecule has 0 radical (unpaired) electrons.